The number of benzene rings is 2. The molecule has 0 bridgehead atoms. The van der Waals surface area contributed by atoms with Gasteiger partial charge in [-0.2, -0.15) is 0 Å². The molecule has 1 aliphatic carbocycles. The molecule has 1 fully saturated rings. The molecule has 1 heterocycles. The normalized spacial score (nSPS) is 14.0. The van der Waals surface area contributed by atoms with Crippen molar-refractivity contribution < 1.29 is 14.7 Å². The molecule has 2 aromatic carbocycles. The molecule has 1 N–H and O–H groups in total. The van der Waals surface area contributed by atoms with Crippen LogP contribution in [-0.4, -0.2) is 31.6 Å². The van der Waals surface area contributed by atoms with E-state index in [0.29, 0.717) is 36.6 Å². The zero-order valence-electron chi connectivity index (χ0n) is 18.5. The van der Waals surface area contributed by atoms with Crippen LogP contribution in [0, 0.1) is 18.3 Å². The fraction of sp³-hybridized carbons (Fsp3) is 0.333. The van der Waals surface area contributed by atoms with Gasteiger partial charge in [0.2, 0.25) is 11.6 Å². The number of carboxylic acid groups (broad SMARTS) is 1. The molecule has 0 unspecified atom stereocenters. The van der Waals surface area contributed by atoms with Crippen LogP contribution < -0.4 is 0 Å². The van der Waals surface area contributed by atoms with Gasteiger partial charge in [-0.1, -0.05) is 61.7 Å². The van der Waals surface area contributed by atoms with Gasteiger partial charge in [0.15, 0.2) is 0 Å². The van der Waals surface area contributed by atoms with Crippen LogP contribution in [0.25, 0.3) is 11.1 Å². The standard InChI is InChI=1S/C27H27N3O3/c1-2-3-17-30-24(28-26(29-30)25(31)21-9-5-4-6-10-21)18-19-13-15-20(16-14-19)22-11-7-8-12-23(22)27(32)33/h1,7-8,11-16,21H,3-6,9-10,17-18H2,(H,32,33). The highest BCUT2D eigenvalue weighted by Gasteiger charge is 2.26. The monoisotopic (exact) mass is 441 g/mol. The molecule has 0 atom stereocenters. The van der Waals surface area contributed by atoms with Crippen LogP contribution in [0.1, 0.15) is 70.9 Å². The van der Waals surface area contributed by atoms with Gasteiger partial charge in [-0.3, -0.25) is 4.79 Å². The van der Waals surface area contributed by atoms with Gasteiger partial charge in [0.25, 0.3) is 0 Å². The maximum Gasteiger partial charge on any atom is 0.336 e. The lowest BCUT2D eigenvalue weighted by Gasteiger charge is -2.18. The fourth-order valence-corrected chi connectivity index (χ4v) is 4.41. The summed E-state index contributed by atoms with van der Waals surface area (Å²) < 4.78 is 1.75. The number of carbonyl (C=O) groups excluding carboxylic acids is 1. The van der Waals surface area contributed by atoms with Crippen molar-refractivity contribution in [1.82, 2.24) is 14.8 Å². The molecule has 33 heavy (non-hydrogen) atoms. The third-order valence-corrected chi connectivity index (χ3v) is 6.20. The average Bonchev–Trinajstić information content (AvgIpc) is 3.25. The third-order valence-electron chi connectivity index (χ3n) is 6.20. The van der Waals surface area contributed by atoms with Crippen LogP contribution in [0.4, 0.5) is 0 Å². The number of hydrogen-bond acceptors (Lipinski definition) is 4. The van der Waals surface area contributed by atoms with E-state index < -0.39 is 5.97 Å². The summed E-state index contributed by atoms with van der Waals surface area (Å²) in [6.45, 7) is 0.515. The van der Waals surface area contributed by atoms with Gasteiger partial charge in [-0.25, -0.2) is 14.5 Å². The second-order valence-electron chi connectivity index (χ2n) is 8.45. The summed E-state index contributed by atoms with van der Waals surface area (Å²) in [7, 11) is 0. The highest BCUT2D eigenvalue weighted by molar-refractivity contribution is 5.96. The van der Waals surface area contributed by atoms with Gasteiger partial charge in [0.05, 0.1) is 12.1 Å². The number of rotatable bonds is 8. The van der Waals surface area contributed by atoms with Gasteiger partial charge in [0, 0.05) is 18.8 Å². The Morgan fingerprint density at radius 1 is 1.06 bits per heavy atom. The molecule has 1 saturated carbocycles. The molecule has 1 aliphatic rings. The van der Waals surface area contributed by atoms with Crippen molar-refractivity contribution in [2.75, 3.05) is 0 Å². The average molecular weight is 442 g/mol. The first-order chi connectivity index (χ1) is 16.1. The van der Waals surface area contributed by atoms with E-state index in [1.54, 1.807) is 22.9 Å². The Hall–Kier alpha value is -3.72. The van der Waals surface area contributed by atoms with E-state index in [-0.39, 0.29) is 17.3 Å². The second-order valence-corrected chi connectivity index (χ2v) is 8.45. The summed E-state index contributed by atoms with van der Waals surface area (Å²) in [6.07, 6.45) is 11.6. The molecule has 168 valence electrons. The van der Waals surface area contributed by atoms with E-state index in [1.807, 2.05) is 30.3 Å². The molecule has 0 aliphatic heterocycles. The van der Waals surface area contributed by atoms with Crippen molar-refractivity contribution in [3.63, 3.8) is 0 Å². The predicted molar refractivity (Wildman–Crippen MR) is 126 cm³/mol. The lowest BCUT2D eigenvalue weighted by Crippen LogP contribution is -2.19. The van der Waals surface area contributed by atoms with Crippen molar-refractivity contribution >= 4 is 11.8 Å². The Kier molecular flexibility index (Phi) is 6.99. The van der Waals surface area contributed by atoms with Crippen LogP contribution in [0.15, 0.2) is 48.5 Å². The van der Waals surface area contributed by atoms with Gasteiger partial charge in [-0.05, 0) is 35.6 Å². The topological polar surface area (TPSA) is 85.1 Å². The maximum absolute atomic E-state index is 13.0. The Bertz CT molecular complexity index is 1180. The number of hydrogen-bond donors (Lipinski definition) is 1. The molecule has 0 radical (unpaired) electrons. The highest BCUT2D eigenvalue weighted by atomic mass is 16.4. The first kappa shape index (κ1) is 22.5. The van der Waals surface area contributed by atoms with Crippen LogP contribution in [0.3, 0.4) is 0 Å². The Balaban J connectivity index is 1.56. The zero-order valence-corrected chi connectivity index (χ0v) is 18.5. The number of ketones is 1. The number of carbonyl (C=O) groups is 2. The van der Waals surface area contributed by atoms with E-state index in [2.05, 4.69) is 16.0 Å². The lowest BCUT2D eigenvalue weighted by atomic mass is 9.86. The van der Waals surface area contributed by atoms with Gasteiger partial charge < -0.3 is 5.11 Å². The second kappa shape index (κ2) is 10.3. The summed E-state index contributed by atoms with van der Waals surface area (Å²) in [4.78, 5) is 29.1. The van der Waals surface area contributed by atoms with Crippen LogP contribution >= 0.6 is 0 Å². The molecule has 4 rings (SSSR count). The number of Topliss-reactive ketones (excluding diaryl/α,β-unsaturated/α-hetero) is 1. The summed E-state index contributed by atoms with van der Waals surface area (Å²) in [5.41, 5.74) is 2.77. The molecule has 6 nitrogen and oxygen atoms in total. The number of aromatic carboxylic acids is 1. The largest absolute Gasteiger partial charge is 0.478 e. The third kappa shape index (κ3) is 5.20. The van der Waals surface area contributed by atoms with Crippen molar-refractivity contribution in [3.8, 4) is 23.5 Å². The minimum absolute atomic E-state index is 0.0173. The Morgan fingerprint density at radius 3 is 2.48 bits per heavy atom. The van der Waals surface area contributed by atoms with E-state index in [0.717, 1.165) is 36.8 Å². The van der Waals surface area contributed by atoms with E-state index >= 15 is 0 Å². The summed E-state index contributed by atoms with van der Waals surface area (Å²) in [5.74, 6) is 2.73. The molecule has 0 amide bonds. The van der Waals surface area contributed by atoms with E-state index in [4.69, 9.17) is 6.42 Å². The van der Waals surface area contributed by atoms with Crippen LogP contribution in [-0.2, 0) is 13.0 Å². The quantitative estimate of drug-likeness (QED) is 0.392. The number of aryl methyl sites for hydroxylation is 1. The smallest absolute Gasteiger partial charge is 0.336 e. The predicted octanol–water partition coefficient (Wildman–Crippen LogP) is 5.02. The number of terminal acetylenes is 1. The number of nitrogens with zero attached hydrogens (tertiary/aromatic N) is 3. The summed E-state index contributed by atoms with van der Waals surface area (Å²) >= 11 is 0. The molecule has 6 heteroatoms. The van der Waals surface area contributed by atoms with Crippen molar-refractivity contribution in [2.24, 2.45) is 5.92 Å². The number of carboxylic acids is 1. The van der Waals surface area contributed by atoms with Gasteiger partial charge in [0.1, 0.15) is 5.82 Å². The molecular formula is C27H27N3O3. The van der Waals surface area contributed by atoms with E-state index in [1.165, 1.54) is 6.42 Å². The summed E-state index contributed by atoms with van der Waals surface area (Å²) in [6, 6.07) is 14.7. The first-order valence-electron chi connectivity index (χ1n) is 11.4. The SMILES string of the molecule is C#CCCn1nc(C(=O)C2CCCCC2)nc1Cc1ccc(-c2ccccc2C(=O)O)cc1. The Morgan fingerprint density at radius 2 is 1.79 bits per heavy atom. The molecular weight excluding hydrogens is 414 g/mol. The molecule has 0 spiro atoms. The Labute approximate surface area is 193 Å². The van der Waals surface area contributed by atoms with Crippen molar-refractivity contribution in [1.29, 1.82) is 0 Å². The minimum atomic E-state index is -0.952. The van der Waals surface area contributed by atoms with Crippen LogP contribution in [0.5, 0.6) is 0 Å². The van der Waals surface area contributed by atoms with E-state index in [9.17, 15) is 14.7 Å². The zero-order chi connectivity index (χ0) is 23.2. The summed E-state index contributed by atoms with van der Waals surface area (Å²) in [5, 5.41) is 14.0. The minimum Gasteiger partial charge on any atom is -0.478 e. The molecule has 1 aromatic heterocycles. The first-order valence-corrected chi connectivity index (χ1v) is 11.4. The highest BCUT2D eigenvalue weighted by Crippen LogP contribution is 2.27. The number of aromatic nitrogens is 3. The molecule has 3 aromatic rings. The maximum atomic E-state index is 13.0. The van der Waals surface area contributed by atoms with Crippen LogP contribution in [0.2, 0.25) is 0 Å². The van der Waals surface area contributed by atoms with Crippen molar-refractivity contribution in [2.45, 2.75) is 51.5 Å². The van der Waals surface area contributed by atoms with Gasteiger partial charge >= 0.3 is 5.97 Å². The molecule has 0 saturated heterocycles. The van der Waals surface area contributed by atoms with Crippen molar-refractivity contribution in [3.05, 3.63) is 71.3 Å². The van der Waals surface area contributed by atoms with Gasteiger partial charge in [-0.15, -0.1) is 17.4 Å². The fourth-order valence-electron chi connectivity index (χ4n) is 4.41. The lowest BCUT2D eigenvalue weighted by molar-refractivity contribution is 0.0697.